The van der Waals surface area contributed by atoms with Crippen molar-refractivity contribution in [2.24, 2.45) is 0 Å². The van der Waals surface area contributed by atoms with Crippen LogP contribution in [0, 0.1) is 0 Å². The van der Waals surface area contributed by atoms with Gasteiger partial charge in [-0.2, -0.15) is 0 Å². The first-order valence-corrected chi connectivity index (χ1v) is 8.01. The van der Waals surface area contributed by atoms with Crippen molar-refractivity contribution in [3.05, 3.63) is 23.8 Å². The SMILES string of the molecule is CCOC(=O)c1cc(NC(C)=O)ccc1B1OC(C)(C)C(C)(C)O1. The standard InChI is InChI=1S/C17H24BNO5/c1-7-22-15(21)13-10-12(19-11(2)20)8-9-14(13)18-23-16(3,4)17(5,6)24-18/h8-10H,7H2,1-6H3,(H,19,20). The minimum Gasteiger partial charge on any atom is -0.462 e. The van der Waals surface area contributed by atoms with Gasteiger partial charge in [-0.05, 0) is 52.2 Å². The Kier molecular flexibility index (Phi) is 5.06. The van der Waals surface area contributed by atoms with Crippen LogP contribution in [0.2, 0.25) is 0 Å². The molecule has 1 aromatic carbocycles. The fraction of sp³-hybridized carbons (Fsp3) is 0.529. The van der Waals surface area contributed by atoms with Crippen molar-refractivity contribution < 1.29 is 23.6 Å². The maximum atomic E-state index is 12.3. The zero-order valence-corrected chi connectivity index (χ0v) is 15.1. The van der Waals surface area contributed by atoms with Crippen LogP contribution in [0.25, 0.3) is 0 Å². The molecule has 0 aromatic heterocycles. The fourth-order valence-electron chi connectivity index (χ4n) is 2.40. The monoisotopic (exact) mass is 333 g/mol. The third-order valence-electron chi connectivity index (χ3n) is 4.38. The third-order valence-corrected chi connectivity index (χ3v) is 4.38. The van der Waals surface area contributed by atoms with E-state index in [0.29, 0.717) is 16.7 Å². The molecule has 0 bridgehead atoms. The maximum absolute atomic E-state index is 12.3. The van der Waals surface area contributed by atoms with Gasteiger partial charge in [-0.15, -0.1) is 0 Å². The molecule has 0 saturated carbocycles. The molecular formula is C17H24BNO5. The Balaban J connectivity index is 2.42. The molecule has 0 radical (unpaired) electrons. The van der Waals surface area contributed by atoms with E-state index in [0.717, 1.165) is 0 Å². The van der Waals surface area contributed by atoms with Crippen LogP contribution >= 0.6 is 0 Å². The van der Waals surface area contributed by atoms with Gasteiger partial charge in [-0.3, -0.25) is 4.79 Å². The van der Waals surface area contributed by atoms with E-state index in [1.165, 1.54) is 6.92 Å². The lowest BCUT2D eigenvalue weighted by molar-refractivity contribution is -0.114. The van der Waals surface area contributed by atoms with Gasteiger partial charge in [0.2, 0.25) is 5.91 Å². The highest BCUT2D eigenvalue weighted by atomic mass is 16.7. The number of nitrogens with one attached hydrogen (secondary N) is 1. The van der Waals surface area contributed by atoms with Gasteiger partial charge < -0.3 is 19.4 Å². The Hall–Kier alpha value is -1.86. The number of amides is 1. The Morgan fingerprint density at radius 2 is 1.75 bits per heavy atom. The average molecular weight is 333 g/mol. The molecule has 1 N–H and O–H groups in total. The normalized spacial score (nSPS) is 18.3. The van der Waals surface area contributed by atoms with E-state index in [9.17, 15) is 9.59 Å². The highest BCUT2D eigenvalue weighted by molar-refractivity contribution is 6.63. The zero-order chi connectivity index (χ0) is 18.1. The van der Waals surface area contributed by atoms with Crippen molar-refractivity contribution in [3.8, 4) is 0 Å². The zero-order valence-electron chi connectivity index (χ0n) is 15.1. The molecule has 0 atom stereocenters. The molecule has 1 fully saturated rings. The van der Waals surface area contributed by atoms with Crippen LogP contribution < -0.4 is 10.8 Å². The maximum Gasteiger partial charge on any atom is 0.495 e. The number of esters is 1. The molecule has 1 saturated heterocycles. The van der Waals surface area contributed by atoms with Gasteiger partial charge in [0, 0.05) is 12.6 Å². The quantitative estimate of drug-likeness (QED) is 0.675. The summed E-state index contributed by atoms with van der Waals surface area (Å²) in [4.78, 5) is 23.6. The first-order chi connectivity index (χ1) is 11.1. The van der Waals surface area contributed by atoms with Crippen molar-refractivity contribution in [3.63, 3.8) is 0 Å². The second kappa shape index (κ2) is 6.57. The number of hydrogen-bond acceptors (Lipinski definition) is 5. The lowest BCUT2D eigenvalue weighted by Crippen LogP contribution is -2.41. The minimum atomic E-state index is -0.680. The third kappa shape index (κ3) is 3.62. The number of anilines is 1. The van der Waals surface area contributed by atoms with Crippen LogP contribution in [0.3, 0.4) is 0 Å². The molecule has 24 heavy (non-hydrogen) atoms. The Morgan fingerprint density at radius 3 is 2.25 bits per heavy atom. The summed E-state index contributed by atoms with van der Waals surface area (Å²) in [5.41, 5.74) is 0.397. The van der Waals surface area contributed by atoms with Crippen molar-refractivity contribution >= 4 is 30.1 Å². The van der Waals surface area contributed by atoms with Crippen molar-refractivity contribution in [2.75, 3.05) is 11.9 Å². The van der Waals surface area contributed by atoms with Crippen LogP contribution in [-0.2, 0) is 18.8 Å². The number of carbonyl (C=O) groups is 2. The lowest BCUT2D eigenvalue weighted by Gasteiger charge is -2.32. The summed E-state index contributed by atoms with van der Waals surface area (Å²) < 4.78 is 17.2. The van der Waals surface area contributed by atoms with E-state index >= 15 is 0 Å². The van der Waals surface area contributed by atoms with E-state index in [2.05, 4.69) is 5.32 Å². The predicted octanol–water partition coefficient (Wildman–Crippen LogP) is 2.12. The number of carbonyl (C=O) groups excluding carboxylic acids is 2. The summed E-state index contributed by atoms with van der Waals surface area (Å²) in [5.74, 6) is -0.692. The van der Waals surface area contributed by atoms with Crippen molar-refractivity contribution in [1.82, 2.24) is 0 Å². The van der Waals surface area contributed by atoms with Crippen LogP contribution in [0.15, 0.2) is 18.2 Å². The van der Waals surface area contributed by atoms with Gasteiger partial charge in [0.25, 0.3) is 0 Å². The van der Waals surface area contributed by atoms with Gasteiger partial charge >= 0.3 is 13.1 Å². The number of benzene rings is 1. The molecule has 1 amide bonds. The molecule has 7 heteroatoms. The first kappa shape index (κ1) is 18.5. The van der Waals surface area contributed by atoms with E-state index in [1.54, 1.807) is 25.1 Å². The Labute approximate surface area is 143 Å². The Morgan fingerprint density at radius 1 is 1.17 bits per heavy atom. The fourth-order valence-corrected chi connectivity index (χ4v) is 2.40. The number of hydrogen-bond donors (Lipinski definition) is 1. The van der Waals surface area contributed by atoms with Crippen LogP contribution in [0.1, 0.15) is 51.9 Å². The molecule has 6 nitrogen and oxygen atoms in total. The molecule has 2 rings (SSSR count). The molecular weight excluding hydrogens is 309 g/mol. The summed E-state index contributed by atoms with van der Waals surface area (Å²) in [5, 5.41) is 2.66. The number of ether oxygens (including phenoxy) is 1. The second-order valence-corrected chi connectivity index (χ2v) is 6.79. The summed E-state index contributed by atoms with van der Waals surface area (Å²) in [7, 11) is -0.680. The highest BCUT2D eigenvalue weighted by Gasteiger charge is 2.52. The molecule has 1 aliphatic heterocycles. The molecule has 0 unspecified atom stereocenters. The predicted molar refractivity (Wildman–Crippen MR) is 92.4 cm³/mol. The molecule has 1 heterocycles. The van der Waals surface area contributed by atoms with Crippen LogP contribution in [-0.4, -0.2) is 36.8 Å². The van der Waals surface area contributed by atoms with E-state index in [1.807, 2.05) is 27.7 Å². The smallest absolute Gasteiger partial charge is 0.462 e. The van der Waals surface area contributed by atoms with Gasteiger partial charge in [-0.25, -0.2) is 4.79 Å². The van der Waals surface area contributed by atoms with E-state index < -0.39 is 24.3 Å². The summed E-state index contributed by atoms with van der Waals surface area (Å²) in [6, 6.07) is 5.02. The van der Waals surface area contributed by atoms with Crippen LogP contribution in [0.5, 0.6) is 0 Å². The van der Waals surface area contributed by atoms with E-state index in [-0.39, 0.29) is 12.5 Å². The largest absolute Gasteiger partial charge is 0.495 e. The molecule has 130 valence electrons. The van der Waals surface area contributed by atoms with Crippen molar-refractivity contribution in [1.29, 1.82) is 0 Å². The summed E-state index contributed by atoms with van der Waals surface area (Å²) in [6.07, 6.45) is 0. The van der Waals surface area contributed by atoms with Gasteiger partial charge in [0.15, 0.2) is 0 Å². The summed E-state index contributed by atoms with van der Waals surface area (Å²) >= 11 is 0. The molecule has 0 spiro atoms. The topological polar surface area (TPSA) is 73.9 Å². The van der Waals surface area contributed by atoms with Crippen molar-refractivity contribution in [2.45, 2.75) is 52.7 Å². The highest BCUT2D eigenvalue weighted by Crippen LogP contribution is 2.36. The summed E-state index contributed by atoms with van der Waals surface area (Å²) in [6.45, 7) is 11.2. The molecule has 1 aliphatic rings. The number of rotatable bonds is 4. The average Bonchev–Trinajstić information content (AvgIpc) is 2.66. The van der Waals surface area contributed by atoms with Crippen LogP contribution in [0.4, 0.5) is 5.69 Å². The minimum absolute atomic E-state index is 0.215. The van der Waals surface area contributed by atoms with Gasteiger partial charge in [-0.1, -0.05) is 6.07 Å². The van der Waals surface area contributed by atoms with Gasteiger partial charge in [0.05, 0.1) is 23.4 Å². The van der Waals surface area contributed by atoms with Gasteiger partial charge in [0.1, 0.15) is 0 Å². The molecule has 0 aliphatic carbocycles. The first-order valence-electron chi connectivity index (χ1n) is 8.01. The molecule has 1 aromatic rings. The van der Waals surface area contributed by atoms with E-state index in [4.69, 9.17) is 14.0 Å². The lowest BCUT2D eigenvalue weighted by atomic mass is 9.75. The second-order valence-electron chi connectivity index (χ2n) is 6.79. The Bertz CT molecular complexity index is 640.